The number of hydrazine groups is 2. The molecule has 0 aromatic carbocycles. The summed E-state index contributed by atoms with van der Waals surface area (Å²) < 4.78 is 56.7. The Bertz CT molecular complexity index is 542. The van der Waals surface area contributed by atoms with Crippen molar-refractivity contribution in [3.63, 3.8) is 0 Å². The number of nitrogens with zero attached hydrogens (tertiary/aromatic N) is 4. The third-order valence-corrected chi connectivity index (χ3v) is 4.88. The van der Waals surface area contributed by atoms with E-state index in [2.05, 4.69) is 20.0 Å². The molecule has 2 aliphatic heterocycles. The number of hydrogen-bond donors (Lipinski definition) is 2. The van der Waals surface area contributed by atoms with Crippen molar-refractivity contribution < 1.29 is 40.2 Å². The van der Waals surface area contributed by atoms with Crippen LogP contribution in [0.1, 0.15) is 19.3 Å². The molecular formula is C13H26ClF6N5O2P+. The molecule has 0 aromatic rings. The first-order valence-electron chi connectivity index (χ1n) is 8.47. The Hall–Kier alpha value is -0.590. The fraction of sp³-hybridized carbons (Fsp3) is 0.923. The van der Waals surface area contributed by atoms with Crippen LogP contribution in [-0.2, 0) is 4.74 Å². The molecule has 1 saturated carbocycles. The first-order chi connectivity index (χ1) is 12.3. The van der Waals surface area contributed by atoms with Crippen molar-refractivity contribution in [2.45, 2.75) is 36.7 Å². The number of nitrogens with one attached hydrogen (secondary N) is 1. The van der Waals surface area contributed by atoms with Crippen LogP contribution in [0.5, 0.6) is 0 Å². The van der Waals surface area contributed by atoms with Crippen molar-refractivity contribution >= 4 is 25.7 Å². The van der Waals surface area contributed by atoms with Crippen LogP contribution in [-0.4, -0.2) is 88.7 Å². The number of fused-ring (bicyclic) bond motifs is 1. The topological polar surface area (TPSA) is 54.2 Å². The number of alkyl halides is 1. The molecule has 0 aromatic heterocycles. The van der Waals surface area contributed by atoms with Crippen LogP contribution < -0.4 is 5.53 Å². The van der Waals surface area contributed by atoms with E-state index in [0.717, 1.165) is 51.5 Å². The predicted octanol–water partition coefficient (Wildman–Crippen LogP) is 3.02. The van der Waals surface area contributed by atoms with Crippen molar-refractivity contribution in [3.8, 4) is 0 Å². The molecule has 3 aliphatic rings. The molecule has 3 rings (SSSR count). The Labute approximate surface area is 164 Å². The van der Waals surface area contributed by atoms with Gasteiger partial charge in [-0.05, 0) is 19.3 Å². The Kier molecular flexibility index (Phi) is 8.62. The van der Waals surface area contributed by atoms with E-state index in [1.165, 1.54) is 5.17 Å². The second-order valence-corrected chi connectivity index (χ2v) is 8.69. The first kappa shape index (κ1) is 25.4. The quantitative estimate of drug-likeness (QED) is 0.144. The van der Waals surface area contributed by atoms with Gasteiger partial charge >= 0.3 is 35.1 Å². The molecule has 3 fully saturated rings. The van der Waals surface area contributed by atoms with E-state index in [9.17, 15) is 26.2 Å². The van der Waals surface area contributed by atoms with E-state index in [1.54, 1.807) is 0 Å². The summed E-state index contributed by atoms with van der Waals surface area (Å²) in [7, 11) is -4.48. The molecule has 2 saturated heterocycles. The van der Waals surface area contributed by atoms with Crippen LogP contribution in [0.2, 0.25) is 0 Å². The summed E-state index contributed by atoms with van der Waals surface area (Å²) in [5.41, 5.74) is 3.10. The molecule has 0 radical (unpaired) electrons. The van der Waals surface area contributed by atoms with Gasteiger partial charge in [-0.25, -0.2) is 0 Å². The average Bonchev–Trinajstić information content (AvgIpc) is 2.82. The van der Waals surface area contributed by atoms with Crippen molar-refractivity contribution in [1.82, 2.24) is 20.6 Å². The van der Waals surface area contributed by atoms with Crippen molar-refractivity contribution in [2.24, 2.45) is 0 Å². The zero-order valence-corrected chi connectivity index (χ0v) is 17.1. The van der Waals surface area contributed by atoms with Crippen LogP contribution in [0, 0.1) is 0 Å². The molecule has 2 N–H and O–H groups in total. The van der Waals surface area contributed by atoms with E-state index in [0.29, 0.717) is 0 Å². The van der Waals surface area contributed by atoms with Gasteiger partial charge in [-0.3, -0.25) is 19.4 Å². The van der Waals surface area contributed by atoms with Gasteiger partial charge in [-0.15, -0.1) is 11.6 Å². The molecule has 0 spiro atoms. The van der Waals surface area contributed by atoms with Gasteiger partial charge in [0.25, 0.3) is 0 Å². The maximum atomic E-state index is 10.2. The summed E-state index contributed by atoms with van der Waals surface area (Å²) in [4.78, 5) is 2.31. The number of guanidine groups is 1. The molecule has 2 heterocycles. The second kappa shape index (κ2) is 9.48. The van der Waals surface area contributed by atoms with Crippen molar-refractivity contribution in [3.05, 3.63) is 0 Å². The van der Waals surface area contributed by atoms with E-state index >= 15 is 0 Å². The zero-order valence-electron chi connectivity index (χ0n) is 15.4. The summed E-state index contributed by atoms with van der Waals surface area (Å²) in [5.74, 6) is 1.08. The number of hydrogen-bond acceptors (Lipinski definition) is 4. The fourth-order valence-electron chi connectivity index (χ4n) is 3.51. The van der Waals surface area contributed by atoms with E-state index < -0.39 is 8.16 Å². The van der Waals surface area contributed by atoms with Crippen LogP contribution in [0.15, 0.2) is 0 Å². The first-order valence-corrected chi connectivity index (χ1v) is 10.6. The molecule has 168 valence electrons. The maximum absolute atomic E-state index is 10.2. The molecule has 15 heteroatoms. The number of hydroxylamine groups is 1. The van der Waals surface area contributed by atoms with Gasteiger partial charge in [0.05, 0.1) is 46.4 Å². The third-order valence-electron chi connectivity index (χ3n) is 4.48. The normalized spacial score (nSPS) is 29.6. The molecule has 28 heavy (non-hydrogen) atoms. The summed E-state index contributed by atoms with van der Waals surface area (Å²) in [6.45, 7) is 3.22. The number of halogens is 7. The van der Waals surface area contributed by atoms with Gasteiger partial charge in [0, 0.05) is 5.38 Å². The number of morpholine rings is 1. The Morgan fingerprint density at radius 3 is 2.14 bits per heavy atom. The van der Waals surface area contributed by atoms with Gasteiger partial charge < -0.3 is 4.74 Å². The van der Waals surface area contributed by atoms with Gasteiger partial charge in [-0.1, -0.05) is 10.7 Å². The monoisotopic (exact) mass is 464 g/mol. The van der Waals surface area contributed by atoms with Crippen molar-refractivity contribution in [1.29, 1.82) is 0 Å². The Balaban J connectivity index is 0.000000492. The zero-order chi connectivity index (χ0) is 20.4. The van der Waals surface area contributed by atoms with Crippen molar-refractivity contribution in [2.75, 3.05) is 40.4 Å². The number of ether oxygens (including phenoxy) is 1. The van der Waals surface area contributed by atoms with E-state index in [-0.39, 0.29) is 22.2 Å². The molecule has 3 atom stereocenters. The summed E-state index contributed by atoms with van der Waals surface area (Å²) in [5, 5.41) is 13.7. The molecule has 1 aliphatic carbocycles. The predicted molar refractivity (Wildman–Crippen MR) is 94.1 cm³/mol. The van der Waals surface area contributed by atoms with Gasteiger partial charge in [0.15, 0.2) is 0 Å². The Morgan fingerprint density at radius 1 is 1.11 bits per heavy atom. The SMILES string of the molecule is C[N+](C)=C(N1CCOCC1)N1NN(O)C2CC(Cl)CCC21.F.FP(F)(F)(F)F. The van der Waals surface area contributed by atoms with E-state index in [1.807, 2.05) is 14.1 Å². The standard InChI is InChI=1S/C13H25ClN5O2.F5P.FH/c1-16(2)13(17-5-7-21-8-6-17)18-11-4-3-10(14)9-12(11)19(20)15-18;1-6(2,3,4)5;/h10-12,15,20H,3-9H2,1-2H3;;1H/q+1;;. The van der Waals surface area contributed by atoms with Crippen LogP contribution in [0.4, 0.5) is 25.7 Å². The molecule has 0 amide bonds. The molecule has 7 nitrogen and oxygen atoms in total. The fourth-order valence-corrected chi connectivity index (χ4v) is 3.82. The van der Waals surface area contributed by atoms with Gasteiger partial charge in [0.1, 0.15) is 6.04 Å². The van der Waals surface area contributed by atoms with Crippen LogP contribution >= 0.6 is 19.8 Å². The minimum atomic E-state index is -8.55. The van der Waals surface area contributed by atoms with Gasteiger partial charge in [0.2, 0.25) is 0 Å². The third kappa shape index (κ3) is 7.68. The average molecular weight is 465 g/mol. The summed E-state index contributed by atoms with van der Waals surface area (Å²) >= 11 is 6.26. The van der Waals surface area contributed by atoms with Gasteiger partial charge in [-0.2, -0.15) is 5.01 Å². The Morgan fingerprint density at radius 2 is 1.64 bits per heavy atom. The molecule has 3 unspecified atom stereocenters. The van der Waals surface area contributed by atoms with E-state index in [4.69, 9.17) is 16.3 Å². The minimum absolute atomic E-state index is 0. The number of rotatable bonds is 0. The summed E-state index contributed by atoms with van der Waals surface area (Å²) in [6, 6.07) is 0.280. The summed E-state index contributed by atoms with van der Waals surface area (Å²) in [6.07, 6.45) is 2.76. The second-order valence-electron chi connectivity index (χ2n) is 6.79. The van der Waals surface area contributed by atoms with Crippen LogP contribution in [0.25, 0.3) is 0 Å². The molecule has 0 bridgehead atoms. The van der Waals surface area contributed by atoms with Crippen LogP contribution in [0.3, 0.4) is 0 Å². The molecular weight excluding hydrogens is 439 g/mol.